The van der Waals surface area contributed by atoms with Crippen molar-refractivity contribution < 1.29 is 14.3 Å². The summed E-state index contributed by atoms with van der Waals surface area (Å²) in [7, 11) is 5.13. The van der Waals surface area contributed by atoms with Gasteiger partial charge in [0.1, 0.15) is 0 Å². The summed E-state index contributed by atoms with van der Waals surface area (Å²) in [5.74, 6) is 1.29. The first-order valence-corrected chi connectivity index (χ1v) is 9.61. The van der Waals surface area contributed by atoms with Crippen molar-refractivity contribution in [3.05, 3.63) is 50.9 Å². The molecule has 0 aromatic heterocycles. The fourth-order valence-electron chi connectivity index (χ4n) is 2.43. The molecule has 0 saturated heterocycles. The van der Waals surface area contributed by atoms with Crippen LogP contribution in [0.25, 0.3) is 0 Å². The van der Waals surface area contributed by atoms with Crippen molar-refractivity contribution in [3.8, 4) is 11.5 Å². The van der Waals surface area contributed by atoms with E-state index < -0.39 is 0 Å². The number of carbonyl (C=O) groups excluding carboxylic acids is 1. The van der Waals surface area contributed by atoms with E-state index in [-0.39, 0.29) is 11.9 Å². The second-order valence-corrected chi connectivity index (χ2v) is 7.66. The Morgan fingerprint density at radius 2 is 1.81 bits per heavy atom. The molecule has 0 fully saturated rings. The maximum Gasteiger partial charge on any atom is 0.241 e. The average molecular weight is 486 g/mol. The van der Waals surface area contributed by atoms with Gasteiger partial charge in [-0.2, -0.15) is 0 Å². The molecule has 2 aromatic rings. The molecule has 2 rings (SSSR count). The molecule has 1 amide bonds. The highest BCUT2D eigenvalue weighted by atomic mass is 79.9. The van der Waals surface area contributed by atoms with Crippen LogP contribution in [0.3, 0.4) is 0 Å². The quantitative estimate of drug-likeness (QED) is 0.618. The lowest BCUT2D eigenvalue weighted by Crippen LogP contribution is -2.39. The number of ether oxygens (including phenoxy) is 2. The number of anilines is 1. The second kappa shape index (κ2) is 9.39. The van der Waals surface area contributed by atoms with Crippen LogP contribution in [0.5, 0.6) is 11.5 Å². The summed E-state index contributed by atoms with van der Waals surface area (Å²) in [6.07, 6.45) is 0. The Labute approximate surface area is 170 Å². The Kier molecular flexibility index (Phi) is 7.49. The maximum absolute atomic E-state index is 12.6. The van der Waals surface area contributed by atoms with Gasteiger partial charge in [0, 0.05) is 15.5 Å². The first-order valence-electron chi connectivity index (χ1n) is 8.02. The Hall–Kier alpha value is -1.57. The van der Waals surface area contributed by atoms with Crippen molar-refractivity contribution >= 4 is 43.5 Å². The van der Waals surface area contributed by atoms with Gasteiger partial charge in [0.2, 0.25) is 5.91 Å². The predicted octanol–water partition coefficient (Wildman–Crippen LogP) is 4.69. The van der Waals surface area contributed by atoms with E-state index in [1.807, 2.05) is 55.3 Å². The zero-order valence-corrected chi connectivity index (χ0v) is 18.3. The number of amides is 1. The van der Waals surface area contributed by atoms with Gasteiger partial charge in [-0.3, -0.25) is 9.69 Å². The summed E-state index contributed by atoms with van der Waals surface area (Å²) in [6.45, 7) is 2.49. The minimum Gasteiger partial charge on any atom is -0.493 e. The van der Waals surface area contributed by atoms with E-state index in [1.165, 1.54) is 0 Å². The monoisotopic (exact) mass is 484 g/mol. The van der Waals surface area contributed by atoms with Gasteiger partial charge in [-0.1, -0.05) is 22.0 Å². The minimum atomic E-state index is -0.307. The molecule has 7 heteroatoms. The van der Waals surface area contributed by atoms with Crippen LogP contribution in [0.1, 0.15) is 12.5 Å². The van der Waals surface area contributed by atoms with Gasteiger partial charge in [0.05, 0.1) is 25.9 Å². The summed E-state index contributed by atoms with van der Waals surface area (Å²) in [4.78, 5) is 14.6. The smallest absolute Gasteiger partial charge is 0.241 e. The SMILES string of the molecule is COc1ccc(CN(C)C(C)C(=O)Nc2ccc(Br)cc2Br)cc1OC. The van der Waals surface area contributed by atoms with E-state index in [2.05, 4.69) is 37.2 Å². The van der Waals surface area contributed by atoms with Crippen molar-refractivity contribution in [1.82, 2.24) is 4.90 Å². The second-order valence-electron chi connectivity index (χ2n) is 5.89. The van der Waals surface area contributed by atoms with Crippen LogP contribution < -0.4 is 14.8 Å². The number of hydrogen-bond donors (Lipinski definition) is 1. The number of benzene rings is 2. The molecule has 0 bridgehead atoms. The van der Waals surface area contributed by atoms with Crippen LogP contribution >= 0.6 is 31.9 Å². The Balaban J connectivity index is 2.04. The Morgan fingerprint density at radius 1 is 1.12 bits per heavy atom. The molecule has 0 spiro atoms. The lowest BCUT2D eigenvalue weighted by molar-refractivity contribution is -0.120. The van der Waals surface area contributed by atoms with E-state index >= 15 is 0 Å². The molecule has 1 N–H and O–H groups in total. The van der Waals surface area contributed by atoms with Gasteiger partial charge in [0.15, 0.2) is 11.5 Å². The number of rotatable bonds is 7. The molecule has 0 radical (unpaired) electrons. The predicted molar refractivity (Wildman–Crippen MR) is 111 cm³/mol. The van der Waals surface area contributed by atoms with Crippen molar-refractivity contribution in [2.45, 2.75) is 19.5 Å². The lowest BCUT2D eigenvalue weighted by atomic mass is 10.1. The molecule has 140 valence electrons. The van der Waals surface area contributed by atoms with Crippen molar-refractivity contribution in [2.75, 3.05) is 26.6 Å². The van der Waals surface area contributed by atoms with Crippen molar-refractivity contribution in [2.24, 2.45) is 0 Å². The van der Waals surface area contributed by atoms with E-state index in [0.29, 0.717) is 18.0 Å². The number of likely N-dealkylation sites (N-methyl/N-ethyl adjacent to an activating group) is 1. The van der Waals surface area contributed by atoms with Crippen LogP contribution in [-0.4, -0.2) is 38.1 Å². The number of carbonyl (C=O) groups is 1. The third-order valence-electron chi connectivity index (χ3n) is 4.11. The van der Waals surface area contributed by atoms with E-state index in [9.17, 15) is 4.79 Å². The summed E-state index contributed by atoms with van der Waals surface area (Å²) in [5.41, 5.74) is 1.78. The fourth-order valence-corrected chi connectivity index (χ4v) is 3.58. The van der Waals surface area contributed by atoms with E-state index in [4.69, 9.17) is 9.47 Å². The molecule has 5 nitrogen and oxygen atoms in total. The molecule has 2 aromatic carbocycles. The Bertz CT molecular complexity index is 783. The van der Waals surface area contributed by atoms with Gasteiger partial charge in [-0.25, -0.2) is 0 Å². The molecule has 0 aliphatic carbocycles. The first kappa shape index (κ1) is 20.7. The van der Waals surface area contributed by atoms with Crippen LogP contribution in [0.2, 0.25) is 0 Å². The number of halogens is 2. The first-order chi connectivity index (χ1) is 12.3. The highest BCUT2D eigenvalue weighted by Gasteiger charge is 2.19. The number of hydrogen-bond acceptors (Lipinski definition) is 4. The summed E-state index contributed by atoms with van der Waals surface area (Å²) in [5, 5.41) is 2.95. The molecule has 0 saturated carbocycles. The summed E-state index contributed by atoms with van der Waals surface area (Å²) >= 11 is 6.86. The number of methoxy groups -OCH3 is 2. The Morgan fingerprint density at radius 3 is 2.42 bits per heavy atom. The molecular formula is C19H22Br2N2O3. The standard InChI is InChI=1S/C19H22Br2N2O3/c1-12(19(24)22-16-7-6-14(20)10-15(16)21)23(2)11-13-5-8-17(25-3)18(9-13)26-4/h5-10,12H,11H2,1-4H3,(H,22,24). The zero-order valence-electron chi connectivity index (χ0n) is 15.2. The van der Waals surface area contributed by atoms with E-state index in [0.717, 1.165) is 20.2 Å². The topological polar surface area (TPSA) is 50.8 Å². The van der Waals surface area contributed by atoms with Crippen LogP contribution in [0.15, 0.2) is 45.3 Å². The summed E-state index contributed by atoms with van der Waals surface area (Å²) in [6, 6.07) is 11.1. The molecular weight excluding hydrogens is 464 g/mol. The van der Waals surface area contributed by atoms with Gasteiger partial charge in [-0.05, 0) is 65.8 Å². The maximum atomic E-state index is 12.6. The highest BCUT2D eigenvalue weighted by Crippen LogP contribution is 2.29. The number of nitrogens with one attached hydrogen (secondary N) is 1. The molecule has 1 atom stereocenters. The molecule has 0 aliphatic rings. The molecule has 1 unspecified atom stereocenters. The largest absolute Gasteiger partial charge is 0.493 e. The van der Waals surface area contributed by atoms with Crippen LogP contribution in [0, 0.1) is 0 Å². The van der Waals surface area contributed by atoms with Gasteiger partial charge in [0.25, 0.3) is 0 Å². The van der Waals surface area contributed by atoms with Crippen molar-refractivity contribution in [3.63, 3.8) is 0 Å². The zero-order chi connectivity index (χ0) is 19.3. The summed E-state index contributed by atoms with van der Waals surface area (Å²) < 4.78 is 12.4. The fraction of sp³-hybridized carbons (Fsp3) is 0.316. The average Bonchev–Trinajstić information content (AvgIpc) is 2.63. The van der Waals surface area contributed by atoms with Gasteiger partial charge >= 0.3 is 0 Å². The molecule has 0 aliphatic heterocycles. The normalized spacial score (nSPS) is 12.0. The molecule has 0 heterocycles. The number of nitrogens with zero attached hydrogens (tertiary/aromatic N) is 1. The van der Waals surface area contributed by atoms with Gasteiger partial charge in [-0.15, -0.1) is 0 Å². The lowest BCUT2D eigenvalue weighted by Gasteiger charge is -2.24. The highest BCUT2D eigenvalue weighted by molar-refractivity contribution is 9.11. The minimum absolute atomic E-state index is 0.0731. The third-order valence-corrected chi connectivity index (χ3v) is 5.26. The van der Waals surface area contributed by atoms with Crippen LogP contribution in [-0.2, 0) is 11.3 Å². The molecule has 26 heavy (non-hydrogen) atoms. The van der Waals surface area contributed by atoms with Gasteiger partial charge < -0.3 is 14.8 Å². The van der Waals surface area contributed by atoms with E-state index in [1.54, 1.807) is 14.2 Å². The third kappa shape index (κ3) is 5.22. The van der Waals surface area contributed by atoms with Crippen molar-refractivity contribution in [1.29, 1.82) is 0 Å². The van der Waals surface area contributed by atoms with Crippen LogP contribution in [0.4, 0.5) is 5.69 Å².